The van der Waals surface area contributed by atoms with Crippen LogP contribution in [0.15, 0.2) is 28.8 Å². The van der Waals surface area contributed by atoms with Crippen molar-refractivity contribution in [3.63, 3.8) is 0 Å². The fourth-order valence-electron chi connectivity index (χ4n) is 1.51. The number of ether oxygens (including phenoxy) is 1. The van der Waals surface area contributed by atoms with Crippen molar-refractivity contribution in [1.29, 1.82) is 0 Å². The number of methoxy groups -OCH3 is 1. The highest BCUT2D eigenvalue weighted by Gasteiger charge is 2.01. The molecule has 0 amide bonds. The Balaban J connectivity index is 1.85. The Morgan fingerprint density at radius 2 is 2.29 bits per heavy atom. The number of hydrogen-bond donors (Lipinski definition) is 1. The molecule has 1 aromatic heterocycles. The summed E-state index contributed by atoms with van der Waals surface area (Å²) in [7, 11) is 1.67. The van der Waals surface area contributed by atoms with Gasteiger partial charge < -0.3 is 14.6 Å². The molecular formula is C12H15N3O2. The van der Waals surface area contributed by atoms with E-state index in [0.29, 0.717) is 11.8 Å². The zero-order valence-corrected chi connectivity index (χ0v) is 9.93. The molecule has 0 fully saturated rings. The van der Waals surface area contributed by atoms with Crippen LogP contribution >= 0.6 is 0 Å². The number of anilines is 1. The topological polar surface area (TPSA) is 60.2 Å². The van der Waals surface area contributed by atoms with Crippen molar-refractivity contribution in [1.82, 2.24) is 10.1 Å². The van der Waals surface area contributed by atoms with Crippen molar-refractivity contribution >= 4 is 6.01 Å². The second-order valence-electron chi connectivity index (χ2n) is 3.68. The number of benzene rings is 1. The zero-order chi connectivity index (χ0) is 12.1. The Labute approximate surface area is 99.8 Å². The minimum atomic E-state index is 0.463. The fraction of sp³-hybridized carbons (Fsp3) is 0.333. The maximum atomic E-state index is 5.16. The van der Waals surface area contributed by atoms with Crippen molar-refractivity contribution in [2.45, 2.75) is 13.3 Å². The van der Waals surface area contributed by atoms with E-state index in [0.717, 1.165) is 18.7 Å². The Kier molecular flexibility index (Phi) is 3.59. The lowest BCUT2D eigenvalue weighted by Crippen LogP contribution is -2.05. The Hall–Kier alpha value is -2.04. The smallest absolute Gasteiger partial charge is 0.321 e. The van der Waals surface area contributed by atoms with Crippen LogP contribution in [-0.2, 0) is 6.42 Å². The van der Waals surface area contributed by atoms with Crippen molar-refractivity contribution < 1.29 is 9.26 Å². The second kappa shape index (κ2) is 5.34. The van der Waals surface area contributed by atoms with Gasteiger partial charge in [0.2, 0.25) is 0 Å². The first-order chi connectivity index (χ1) is 8.28. The summed E-state index contributed by atoms with van der Waals surface area (Å²) < 4.78 is 10.1. The van der Waals surface area contributed by atoms with E-state index in [1.165, 1.54) is 5.56 Å². The average molecular weight is 233 g/mol. The molecule has 90 valence electrons. The van der Waals surface area contributed by atoms with E-state index in [2.05, 4.69) is 21.5 Å². The SMILES string of the molecule is COc1cccc(CCNc2nc(C)no2)c1. The minimum Gasteiger partial charge on any atom is -0.497 e. The first kappa shape index (κ1) is 11.4. The van der Waals surface area contributed by atoms with Crippen LogP contribution in [0.3, 0.4) is 0 Å². The van der Waals surface area contributed by atoms with Crippen LogP contribution in [0.5, 0.6) is 5.75 Å². The summed E-state index contributed by atoms with van der Waals surface area (Å²) in [4.78, 5) is 4.06. The molecule has 5 heteroatoms. The lowest BCUT2D eigenvalue weighted by molar-refractivity contribution is 0.414. The molecule has 0 aliphatic rings. The van der Waals surface area contributed by atoms with Crippen LogP contribution in [0.25, 0.3) is 0 Å². The molecule has 0 saturated carbocycles. The molecule has 0 saturated heterocycles. The molecule has 0 aliphatic carbocycles. The molecule has 0 unspecified atom stereocenters. The minimum absolute atomic E-state index is 0.463. The molecule has 0 bridgehead atoms. The van der Waals surface area contributed by atoms with Gasteiger partial charge in [0.1, 0.15) is 5.75 Å². The Morgan fingerprint density at radius 3 is 3.00 bits per heavy atom. The van der Waals surface area contributed by atoms with E-state index in [9.17, 15) is 0 Å². The van der Waals surface area contributed by atoms with Crippen LogP contribution in [0.2, 0.25) is 0 Å². The molecular weight excluding hydrogens is 218 g/mol. The highest BCUT2D eigenvalue weighted by atomic mass is 16.5. The molecule has 1 N–H and O–H groups in total. The van der Waals surface area contributed by atoms with Gasteiger partial charge in [-0.05, 0) is 31.0 Å². The Bertz CT molecular complexity index is 482. The molecule has 0 aliphatic heterocycles. The molecule has 0 radical (unpaired) electrons. The summed E-state index contributed by atoms with van der Waals surface area (Å²) in [6, 6.07) is 8.44. The fourth-order valence-corrected chi connectivity index (χ4v) is 1.51. The standard InChI is InChI=1S/C12H15N3O2/c1-9-14-12(17-15-9)13-7-6-10-4-3-5-11(8-10)16-2/h3-5,8H,6-7H2,1-2H3,(H,13,14,15). The predicted molar refractivity (Wildman–Crippen MR) is 64.2 cm³/mol. The van der Waals surface area contributed by atoms with Crippen molar-refractivity contribution in [2.75, 3.05) is 19.0 Å². The van der Waals surface area contributed by atoms with E-state index < -0.39 is 0 Å². The lowest BCUT2D eigenvalue weighted by atomic mass is 10.1. The normalized spacial score (nSPS) is 10.2. The predicted octanol–water partition coefficient (Wildman–Crippen LogP) is 2.04. The molecule has 17 heavy (non-hydrogen) atoms. The van der Waals surface area contributed by atoms with Gasteiger partial charge in [0, 0.05) is 6.54 Å². The van der Waals surface area contributed by atoms with Crippen LogP contribution in [0.4, 0.5) is 6.01 Å². The molecule has 2 aromatic rings. The Morgan fingerprint density at radius 1 is 1.41 bits per heavy atom. The first-order valence-electron chi connectivity index (χ1n) is 5.45. The summed E-state index contributed by atoms with van der Waals surface area (Å²) in [5.74, 6) is 1.50. The van der Waals surface area contributed by atoms with E-state index in [1.807, 2.05) is 18.2 Å². The monoisotopic (exact) mass is 233 g/mol. The number of aryl methyl sites for hydroxylation is 1. The third kappa shape index (κ3) is 3.21. The van der Waals surface area contributed by atoms with E-state index in [4.69, 9.17) is 9.26 Å². The van der Waals surface area contributed by atoms with Gasteiger partial charge in [0.25, 0.3) is 0 Å². The van der Waals surface area contributed by atoms with Crippen molar-refractivity contribution in [3.8, 4) is 5.75 Å². The third-order valence-corrected chi connectivity index (χ3v) is 2.35. The highest BCUT2D eigenvalue weighted by Crippen LogP contribution is 2.13. The maximum Gasteiger partial charge on any atom is 0.321 e. The van der Waals surface area contributed by atoms with E-state index in [1.54, 1.807) is 14.0 Å². The summed E-state index contributed by atoms with van der Waals surface area (Å²) in [5, 5.41) is 6.77. The maximum absolute atomic E-state index is 5.16. The zero-order valence-electron chi connectivity index (χ0n) is 9.93. The lowest BCUT2D eigenvalue weighted by Gasteiger charge is -2.04. The summed E-state index contributed by atoms with van der Waals surface area (Å²) >= 11 is 0. The molecule has 1 aromatic carbocycles. The first-order valence-corrected chi connectivity index (χ1v) is 5.45. The van der Waals surface area contributed by atoms with E-state index >= 15 is 0 Å². The van der Waals surface area contributed by atoms with Crippen LogP contribution in [-0.4, -0.2) is 23.8 Å². The number of aromatic nitrogens is 2. The van der Waals surface area contributed by atoms with Gasteiger partial charge in [-0.25, -0.2) is 0 Å². The van der Waals surface area contributed by atoms with Gasteiger partial charge in [-0.2, -0.15) is 4.98 Å². The number of nitrogens with zero attached hydrogens (tertiary/aromatic N) is 2. The second-order valence-corrected chi connectivity index (χ2v) is 3.68. The summed E-state index contributed by atoms with van der Waals surface area (Å²) in [6.07, 6.45) is 0.874. The van der Waals surface area contributed by atoms with Gasteiger partial charge in [0.15, 0.2) is 5.82 Å². The van der Waals surface area contributed by atoms with Crippen molar-refractivity contribution in [3.05, 3.63) is 35.7 Å². The number of rotatable bonds is 5. The van der Waals surface area contributed by atoms with Crippen LogP contribution in [0, 0.1) is 6.92 Å². The quantitative estimate of drug-likeness (QED) is 0.856. The van der Waals surface area contributed by atoms with E-state index in [-0.39, 0.29) is 0 Å². The summed E-state index contributed by atoms with van der Waals surface area (Å²) in [5.41, 5.74) is 1.20. The number of nitrogens with one attached hydrogen (secondary N) is 1. The molecule has 2 rings (SSSR count). The van der Waals surface area contributed by atoms with Gasteiger partial charge in [0.05, 0.1) is 7.11 Å². The summed E-state index contributed by atoms with van der Waals surface area (Å²) in [6.45, 7) is 2.53. The molecule has 5 nitrogen and oxygen atoms in total. The van der Waals surface area contributed by atoms with Crippen LogP contribution in [0.1, 0.15) is 11.4 Å². The van der Waals surface area contributed by atoms with Gasteiger partial charge in [-0.3, -0.25) is 0 Å². The average Bonchev–Trinajstić information content (AvgIpc) is 2.75. The van der Waals surface area contributed by atoms with Gasteiger partial charge >= 0.3 is 6.01 Å². The highest BCUT2D eigenvalue weighted by molar-refractivity contribution is 5.29. The molecule has 0 spiro atoms. The number of hydrogen-bond acceptors (Lipinski definition) is 5. The van der Waals surface area contributed by atoms with Crippen LogP contribution < -0.4 is 10.1 Å². The molecule has 0 atom stereocenters. The van der Waals surface area contributed by atoms with Gasteiger partial charge in [-0.1, -0.05) is 17.3 Å². The molecule has 1 heterocycles. The largest absolute Gasteiger partial charge is 0.497 e. The van der Waals surface area contributed by atoms with Crippen molar-refractivity contribution in [2.24, 2.45) is 0 Å². The third-order valence-electron chi connectivity index (χ3n) is 2.35. The van der Waals surface area contributed by atoms with Gasteiger partial charge in [-0.15, -0.1) is 0 Å².